The smallest absolute Gasteiger partial charge is 0.240 e. The van der Waals surface area contributed by atoms with Crippen molar-refractivity contribution in [3.63, 3.8) is 0 Å². The summed E-state index contributed by atoms with van der Waals surface area (Å²) >= 11 is 5.96. The minimum absolute atomic E-state index is 0.0252. The molecule has 3 atom stereocenters. The molecule has 3 nitrogen and oxygen atoms in total. The summed E-state index contributed by atoms with van der Waals surface area (Å²) in [5.74, 6) is 0.251. The third-order valence-corrected chi connectivity index (χ3v) is 3.79. The van der Waals surface area contributed by atoms with E-state index in [0.717, 1.165) is 12.8 Å². The fourth-order valence-corrected chi connectivity index (χ4v) is 2.39. The van der Waals surface area contributed by atoms with Gasteiger partial charge in [0.1, 0.15) is 5.38 Å². The molecule has 1 amide bonds. The Labute approximate surface area is 103 Å². The Bertz CT molecular complexity index is 235. The van der Waals surface area contributed by atoms with Crippen molar-refractivity contribution in [2.45, 2.75) is 51.0 Å². The van der Waals surface area contributed by atoms with Gasteiger partial charge in [0.2, 0.25) is 5.91 Å². The topological polar surface area (TPSA) is 40.5 Å². The van der Waals surface area contributed by atoms with Crippen molar-refractivity contribution in [3.8, 4) is 0 Å². The van der Waals surface area contributed by atoms with Crippen LogP contribution in [0.2, 0.25) is 0 Å². The molecule has 0 aromatic heterocycles. The van der Waals surface area contributed by atoms with Crippen LogP contribution in [-0.2, 0) is 4.79 Å². The van der Waals surface area contributed by atoms with Crippen molar-refractivity contribution < 1.29 is 9.90 Å². The van der Waals surface area contributed by atoms with Crippen LogP contribution in [0.1, 0.15) is 39.5 Å². The maximum atomic E-state index is 11.9. The molecular formula is C12H22ClNO2. The zero-order chi connectivity index (χ0) is 12.1. The molecule has 1 N–H and O–H groups in total. The van der Waals surface area contributed by atoms with Crippen LogP contribution in [-0.4, -0.2) is 40.5 Å². The average Bonchev–Trinajstić information content (AvgIpc) is 2.30. The molecule has 0 bridgehead atoms. The van der Waals surface area contributed by atoms with Crippen molar-refractivity contribution in [2.75, 3.05) is 13.1 Å². The highest BCUT2D eigenvalue weighted by atomic mass is 35.5. The molecule has 0 unspecified atom stereocenters. The van der Waals surface area contributed by atoms with Crippen molar-refractivity contribution >= 4 is 17.5 Å². The van der Waals surface area contributed by atoms with E-state index in [9.17, 15) is 9.90 Å². The zero-order valence-corrected chi connectivity index (χ0v) is 10.9. The Balaban J connectivity index is 2.54. The first-order valence-corrected chi connectivity index (χ1v) is 6.64. The van der Waals surface area contributed by atoms with Gasteiger partial charge >= 0.3 is 0 Å². The van der Waals surface area contributed by atoms with Gasteiger partial charge in [0.05, 0.1) is 6.10 Å². The lowest BCUT2D eigenvalue weighted by atomic mass is 9.90. The van der Waals surface area contributed by atoms with E-state index in [1.165, 1.54) is 0 Å². The van der Waals surface area contributed by atoms with Crippen molar-refractivity contribution in [3.05, 3.63) is 0 Å². The number of halogens is 1. The van der Waals surface area contributed by atoms with Gasteiger partial charge in [0.15, 0.2) is 0 Å². The second kappa shape index (κ2) is 6.45. The molecule has 4 heteroatoms. The lowest BCUT2D eigenvalue weighted by Gasteiger charge is -2.37. The second-order valence-corrected chi connectivity index (χ2v) is 5.09. The standard InChI is InChI=1S/C12H22ClNO2/c1-3-5-9-8-14(7-6-11(9)15)12(16)10(13)4-2/h9-11,15H,3-8H2,1-2H3/t9-,10-,11-/m1/s1. The summed E-state index contributed by atoms with van der Waals surface area (Å²) in [5.41, 5.74) is 0. The van der Waals surface area contributed by atoms with Gasteiger partial charge < -0.3 is 10.0 Å². The summed E-state index contributed by atoms with van der Waals surface area (Å²) in [5, 5.41) is 9.42. The van der Waals surface area contributed by atoms with Crippen LogP contribution in [0.25, 0.3) is 0 Å². The molecule has 1 aliphatic heterocycles. The predicted molar refractivity (Wildman–Crippen MR) is 65.5 cm³/mol. The van der Waals surface area contributed by atoms with Gasteiger partial charge in [0, 0.05) is 19.0 Å². The fraction of sp³-hybridized carbons (Fsp3) is 0.917. The number of rotatable bonds is 4. The van der Waals surface area contributed by atoms with Gasteiger partial charge in [-0.2, -0.15) is 0 Å². The molecule has 1 rings (SSSR count). The van der Waals surface area contributed by atoms with Crippen LogP contribution < -0.4 is 0 Å². The summed E-state index contributed by atoms with van der Waals surface area (Å²) in [4.78, 5) is 13.7. The fourth-order valence-electron chi connectivity index (χ4n) is 2.25. The normalized spacial score (nSPS) is 27.9. The van der Waals surface area contributed by atoms with Gasteiger partial charge in [-0.25, -0.2) is 0 Å². The molecule has 1 fully saturated rings. The number of hydrogen-bond acceptors (Lipinski definition) is 2. The van der Waals surface area contributed by atoms with Gasteiger partial charge in [-0.3, -0.25) is 4.79 Å². The molecule has 0 spiro atoms. The minimum Gasteiger partial charge on any atom is -0.393 e. The van der Waals surface area contributed by atoms with Gasteiger partial charge in [-0.1, -0.05) is 20.3 Å². The highest BCUT2D eigenvalue weighted by molar-refractivity contribution is 6.30. The molecule has 94 valence electrons. The molecule has 1 aliphatic rings. The number of carbonyl (C=O) groups excluding carboxylic acids is 1. The second-order valence-electron chi connectivity index (χ2n) is 4.56. The Kier molecular flexibility index (Phi) is 5.56. The Morgan fingerprint density at radius 2 is 2.25 bits per heavy atom. The third kappa shape index (κ3) is 3.36. The van der Waals surface area contributed by atoms with Crippen LogP contribution in [0.5, 0.6) is 0 Å². The van der Waals surface area contributed by atoms with E-state index >= 15 is 0 Å². The summed E-state index contributed by atoms with van der Waals surface area (Å²) in [6.07, 6.45) is 3.12. The quantitative estimate of drug-likeness (QED) is 0.773. The van der Waals surface area contributed by atoms with Crippen molar-refractivity contribution in [1.82, 2.24) is 4.90 Å². The SMILES string of the molecule is CCC[C@@H]1CN(C(=O)[C@H](Cl)CC)CC[C@H]1O. The number of nitrogens with zero attached hydrogens (tertiary/aromatic N) is 1. The van der Waals surface area contributed by atoms with E-state index < -0.39 is 5.38 Å². The molecule has 1 heterocycles. The van der Waals surface area contributed by atoms with E-state index in [4.69, 9.17) is 11.6 Å². The Hall–Kier alpha value is -0.280. The maximum absolute atomic E-state index is 11.9. The highest BCUT2D eigenvalue weighted by Crippen LogP contribution is 2.23. The molecule has 16 heavy (non-hydrogen) atoms. The van der Waals surface area contributed by atoms with Crippen LogP contribution in [0.4, 0.5) is 0 Å². The summed E-state index contributed by atoms with van der Waals surface area (Å²) in [7, 11) is 0. The zero-order valence-electron chi connectivity index (χ0n) is 10.2. The number of piperidine rings is 1. The molecule has 0 aromatic rings. The van der Waals surface area contributed by atoms with E-state index in [1.807, 2.05) is 11.8 Å². The summed E-state index contributed by atoms with van der Waals surface area (Å²) in [6.45, 7) is 5.32. The average molecular weight is 248 g/mol. The molecule has 0 aromatic carbocycles. The summed E-state index contributed by atoms with van der Waals surface area (Å²) in [6, 6.07) is 0. The first-order chi connectivity index (χ1) is 7.60. The first-order valence-electron chi connectivity index (χ1n) is 6.21. The van der Waals surface area contributed by atoms with E-state index in [0.29, 0.717) is 25.9 Å². The largest absolute Gasteiger partial charge is 0.393 e. The van der Waals surface area contributed by atoms with Crippen LogP contribution in [0, 0.1) is 5.92 Å². The molecule has 0 saturated carbocycles. The van der Waals surface area contributed by atoms with Gasteiger partial charge in [-0.05, 0) is 19.3 Å². The molecule has 0 aliphatic carbocycles. The van der Waals surface area contributed by atoms with Crippen LogP contribution >= 0.6 is 11.6 Å². The van der Waals surface area contributed by atoms with E-state index in [-0.39, 0.29) is 17.9 Å². The van der Waals surface area contributed by atoms with Gasteiger partial charge in [0.25, 0.3) is 0 Å². The molecule has 0 radical (unpaired) electrons. The number of hydrogen-bond donors (Lipinski definition) is 1. The predicted octanol–water partition coefficient (Wildman–Crippen LogP) is 2.01. The van der Waals surface area contributed by atoms with E-state index in [1.54, 1.807) is 0 Å². The minimum atomic E-state index is -0.405. The maximum Gasteiger partial charge on any atom is 0.240 e. The number of aliphatic hydroxyl groups excluding tert-OH is 1. The number of amides is 1. The Morgan fingerprint density at radius 3 is 2.81 bits per heavy atom. The molecular weight excluding hydrogens is 226 g/mol. The molecule has 1 saturated heterocycles. The lowest BCUT2D eigenvalue weighted by molar-refractivity contribution is -0.134. The Morgan fingerprint density at radius 1 is 1.56 bits per heavy atom. The van der Waals surface area contributed by atoms with Crippen molar-refractivity contribution in [1.29, 1.82) is 0 Å². The van der Waals surface area contributed by atoms with Crippen LogP contribution in [0.3, 0.4) is 0 Å². The third-order valence-electron chi connectivity index (χ3n) is 3.29. The first kappa shape index (κ1) is 13.8. The lowest BCUT2D eigenvalue weighted by Crippen LogP contribution is -2.48. The van der Waals surface area contributed by atoms with E-state index in [2.05, 4.69) is 6.92 Å². The van der Waals surface area contributed by atoms with Crippen LogP contribution in [0.15, 0.2) is 0 Å². The van der Waals surface area contributed by atoms with Crippen molar-refractivity contribution in [2.24, 2.45) is 5.92 Å². The highest BCUT2D eigenvalue weighted by Gasteiger charge is 2.31. The number of likely N-dealkylation sites (tertiary alicyclic amines) is 1. The monoisotopic (exact) mass is 247 g/mol. The summed E-state index contributed by atoms with van der Waals surface area (Å²) < 4.78 is 0. The van der Waals surface area contributed by atoms with Gasteiger partial charge in [-0.15, -0.1) is 11.6 Å². The number of carbonyl (C=O) groups is 1. The number of alkyl halides is 1. The number of aliphatic hydroxyl groups is 1.